The maximum absolute atomic E-state index is 12.5. The van der Waals surface area contributed by atoms with Gasteiger partial charge in [0.15, 0.2) is 0 Å². The van der Waals surface area contributed by atoms with Crippen molar-refractivity contribution < 1.29 is 14.3 Å². The highest BCUT2D eigenvalue weighted by Crippen LogP contribution is 2.26. The molecule has 8 heteroatoms. The molecule has 0 spiro atoms. The summed E-state index contributed by atoms with van der Waals surface area (Å²) in [7, 11) is 0. The second-order valence-corrected chi connectivity index (χ2v) is 6.75. The fourth-order valence-corrected chi connectivity index (χ4v) is 3.06. The Balaban J connectivity index is 1.67. The molecule has 0 unspecified atom stereocenters. The number of thiazole rings is 1. The normalized spacial score (nSPS) is 10.3. The van der Waals surface area contributed by atoms with Gasteiger partial charge in [-0.05, 0) is 36.4 Å². The molecule has 138 valence electrons. The number of aromatic nitrogens is 1. The first-order valence-electron chi connectivity index (χ1n) is 7.99. The van der Waals surface area contributed by atoms with E-state index in [1.54, 1.807) is 48.0 Å². The average molecular weight is 402 g/mol. The van der Waals surface area contributed by atoms with Crippen LogP contribution in [0.5, 0.6) is 5.75 Å². The Bertz CT molecular complexity index is 961. The highest BCUT2D eigenvalue weighted by molar-refractivity contribution is 7.07. The van der Waals surface area contributed by atoms with Gasteiger partial charge in [0.05, 0.1) is 21.9 Å². The van der Waals surface area contributed by atoms with Crippen LogP contribution in [-0.2, 0) is 11.4 Å². The van der Waals surface area contributed by atoms with Crippen molar-refractivity contribution in [2.24, 2.45) is 0 Å². The Hall–Kier alpha value is -2.90. The number of rotatable bonds is 6. The monoisotopic (exact) mass is 401 g/mol. The van der Waals surface area contributed by atoms with Crippen molar-refractivity contribution in [2.45, 2.75) is 13.5 Å². The van der Waals surface area contributed by atoms with Crippen LogP contribution >= 0.6 is 22.9 Å². The zero-order valence-electron chi connectivity index (χ0n) is 14.4. The van der Waals surface area contributed by atoms with Gasteiger partial charge in [0, 0.05) is 23.6 Å². The quantitative estimate of drug-likeness (QED) is 0.633. The van der Waals surface area contributed by atoms with Gasteiger partial charge in [0.25, 0.3) is 5.91 Å². The molecule has 0 aliphatic carbocycles. The van der Waals surface area contributed by atoms with E-state index in [0.717, 1.165) is 5.69 Å². The van der Waals surface area contributed by atoms with Crippen LogP contribution < -0.4 is 15.4 Å². The minimum Gasteiger partial charge on any atom is -0.487 e. The molecule has 0 saturated heterocycles. The highest BCUT2D eigenvalue weighted by atomic mass is 35.5. The smallest absolute Gasteiger partial charge is 0.255 e. The van der Waals surface area contributed by atoms with Crippen molar-refractivity contribution >= 4 is 46.1 Å². The molecule has 1 heterocycles. The van der Waals surface area contributed by atoms with Crippen LogP contribution in [0.2, 0.25) is 5.02 Å². The lowest BCUT2D eigenvalue weighted by molar-refractivity contribution is -0.114. The minimum atomic E-state index is -0.316. The van der Waals surface area contributed by atoms with E-state index in [1.165, 1.54) is 18.3 Å². The summed E-state index contributed by atoms with van der Waals surface area (Å²) in [6, 6.07) is 11.7. The van der Waals surface area contributed by atoms with Gasteiger partial charge < -0.3 is 15.4 Å². The van der Waals surface area contributed by atoms with E-state index < -0.39 is 0 Å². The third-order valence-electron chi connectivity index (χ3n) is 3.50. The largest absolute Gasteiger partial charge is 0.487 e. The summed E-state index contributed by atoms with van der Waals surface area (Å²) < 4.78 is 5.67. The number of halogens is 1. The molecule has 0 radical (unpaired) electrons. The number of benzene rings is 2. The minimum absolute atomic E-state index is 0.197. The predicted molar refractivity (Wildman–Crippen MR) is 107 cm³/mol. The second kappa shape index (κ2) is 8.66. The number of hydrogen-bond acceptors (Lipinski definition) is 5. The molecule has 1 aromatic heterocycles. The molecule has 3 aromatic rings. The Kier molecular flexibility index (Phi) is 6.05. The number of nitrogens with zero attached hydrogens (tertiary/aromatic N) is 1. The standard InChI is InChI=1S/C19H16ClN3O3S/c1-12(24)22-14-5-6-18(17(20)8-14)23-19(25)13-3-2-4-16(7-13)26-9-15-10-27-11-21-15/h2-8,10-11H,9H2,1H3,(H,22,24)(H,23,25). The number of ether oxygens (including phenoxy) is 1. The molecule has 0 aliphatic heterocycles. The number of amides is 2. The van der Waals surface area contributed by atoms with Crippen molar-refractivity contribution in [3.05, 3.63) is 69.6 Å². The first-order valence-corrected chi connectivity index (χ1v) is 9.32. The summed E-state index contributed by atoms with van der Waals surface area (Å²) >= 11 is 7.68. The predicted octanol–water partition coefficient (Wildman–Crippen LogP) is 4.59. The van der Waals surface area contributed by atoms with Crippen molar-refractivity contribution in [2.75, 3.05) is 10.6 Å². The average Bonchev–Trinajstić information content (AvgIpc) is 3.15. The summed E-state index contributed by atoms with van der Waals surface area (Å²) in [5.41, 5.74) is 4.02. The van der Waals surface area contributed by atoms with Gasteiger partial charge in [-0.25, -0.2) is 4.98 Å². The molecule has 3 rings (SSSR count). The topological polar surface area (TPSA) is 80.3 Å². The van der Waals surface area contributed by atoms with Gasteiger partial charge in [0.1, 0.15) is 12.4 Å². The maximum atomic E-state index is 12.5. The lowest BCUT2D eigenvalue weighted by atomic mass is 10.2. The van der Waals surface area contributed by atoms with E-state index in [0.29, 0.717) is 34.3 Å². The number of carbonyl (C=O) groups excluding carboxylic acids is 2. The van der Waals surface area contributed by atoms with Crippen LogP contribution in [0.4, 0.5) is 11.4 Å². The van der Waals surface area contributed by atoms with Crippen molar-refractivity contribution in [1.82, 2.24) is 4.98 Å². The van der Waals surface area contributed by atoms with E-state index in [9.17, 15) is 9.59 Å². The molecule has 0 saturated carbocycles. The van der Waals surface area contributed by atoms with Gasteiger partial charge in [0.2, 0.25) is 5.91 Å². The molecule has 0 bridgehead atoms. The third-order valence-corrected chi connectivity index (χ3v) is 4.45. The van der Waals surface area contributed by atoms with Gasteiger partial charge in [-0.3, -0.25) is 9.59 Å². The SMILES string of the molecule is CC(=O)Nc1ccc(NC(=O)c2cccc(OCc3cscn3)c2)c(Cl)c1. The van der Waals surface area contributed by atoms with Gasteiger partial charge >= 0.3 is 0 Å². The zero-order valence-corrected chi connectivity index (χ0v) is 15.9. The van der Waals surface area contributed by atoms with Crippen LogP contribution in [0.25, 0.3) is 0 Å². The number of hydrogen-bond donors (Lipinski definition) is 2. The van der Waals surface area contributed by atoms with Crippen molar-refractivity contribution in [3.63, 3.8) is 0 Å². The molecule has 2 N–H and O–H groups in total. The number of nitrogens with one attached hydrogen (secondary N) is 2. The second-order valence-electron chi connectivity index (χ2n) is 5.63. The zero-order chi connectivity index (χ0) is 19.2. The van der Waals surface area contributed by atoms with E-state index in [2.05, 4.69) is 15.6 Å². The fraction of sp³-hybridized carbons (Fsp3) is 0.105. The molecule has 27 heavy (non-hydrogen) atoms. The van der Waals surface area contributed by atoms with Crippen LogP contribution in [0.3, 0.4) is 0 Å². The lowest BCUT2D eigenvalue weighted by Crippen LogP contribution is -2.13. The molecule has 0 fully saturated rings. The summed E-state index contributed by atoms with van der Waals surface area (Å²) in [5.74, 6) is 0.0587. The number of anilines is 2. The van der Waals surface area contributed by atoms with Gasteiger partial charge in [-0.1, -0.05) is 17.7 Å². The van der Waals surface area contributed by atoms with E-state index >= 15 is 0 Å². The molecular weight excluding hydrogens is 386 g/mol. The van der Waals surface area contributed by atoms with Crippen molar-refractivity contribution in [3.8, 4) is 5.75 Å². The maximum Gasteiger partial charge on any atom is 0.255 e. The van der Waals surface area contributed by atoms with Crippen LogP contribution in [0.1, 0.15) is 23.0 Å². The molecule has 0 atom stereocenters. The molecule has 0 aliphatic rings. The lowest BCUT2D eigenvalue weighted by Gasteiger charge is -2.10. The van der Waals surface area contributed by atoms with E-state index in [1.807, 2.05) is 5.38 Å². The van der Waals surface area contributed by atoms with E-state index in [-0.39, 0.29) is 11.8 Å². The first-order chi connectivity index (χ1) is 13.0. The Morgan fingerprint density at radius 2 is 2.04 bits per heavy atom. The van der Waals surface area contributed by atoms with Crippen LogP contribution in [0, 0.1) is 0 Å². The van der Waals surface area contributed by atoms with Gasteiger partial charge in [-0.2, -0.15) is 0 Å². The van der Waals surface area contributed by atoms with E-state index in [4.69, 9.17) is 16.3 Å². The summed E-state index contributed by atoms with van der Waals surface area (Å²) in [5, 5.41) is 7.62. The summed E-state index contributed by atoms with van der Waals surface area (Å²) in [6.07, 6.45) is 0. The number of carbonyl (C=O) groups is 2. The Labute approximate surface area is 165 Å². The Morgan fingerprint density at radius 1 is 1.19 bits per heavy atom. The Morgan fingerprint density at radius 3 is 2.74 bits per heavy atom. The molecule has 2 amide bonds. The van der Waals surface area contributed by atoms with Gasteiger partial charge in [-0.15, -0.1) is 11.3 Å². The first kappa shape index (κ1) is 18.9. The fourth-order valence-electron chi connectivity index (χ4n) is 2.29. The summed E-state index contributed by atoms with van der Waals surface area (Å²) in [6.45, 7) is 1.75. The highest BCUT2D eigenvalue weighted by Gasteiger charge is 2.11. The van der Waals surface area contributed by atoms with Crippen LogP contribution in [0.15, 0.2) is 53.4 Å². The summed E-state index contributed by atoms with van der Waals surface area (Å²) in [4.78, 5) is 27.8. The molecule has 2 aromatic carbocycles. The van der Waals surface area contributed by atoms with Crippen LogP contribution in [-0.4, -0.2) is 16.8 Å². The molecule has 6 nitrogen and oxygen atoms in total. The van der Waals surface area contributed by atoms with Crippen molar-refractivity contribution in [1.29, 1.82) is 0 Å². The molecular formula is C19H16ClN3O3S. The third kappa shape index (κ3) is 5.29.